The van der Waals surface area contributed by atoms with Crippen molar-refractivity contribution >= 4 is 17.6 Å². The van der Waals surface area contributed by atoms with Gasteiger partial charge in [-0.2, -0.15) is 0 Å². The highest BCUT2D eigenvalue weighted by Crippen LogP contribution is 2.51. The fraction of sp³-hybridized carbons (Fsp3) is 0.263. The van der Waals surface area contributed by atoms with E-state index in [0.717, 1.165) is 6.07 Å². The molecule has 28 heavy (non-hydrogen) atoms. The zero-order valence-electron chi connectivity index (χ0n) is 14.3. The Hall–Kier alpha value is -3.10. The maximum absolute atomic E-state index is 13.9. The predicted molar refractivity (Wildman–Crippen MR) is 90.3 cm³/mol. The van der Waals surface area contributed by atoms with Gasteiger partial charge in [0.2, 0.25) is 5.91 Å². The minimum atomic E-state index is -4.84. The molecule has 1 amide bonds. The van der Waals surface area contributed by atoms with Crippen molar-refractivity contribution in [2.24, 2.45) is 5.92 Å². The Balaban J connectivity index is 1.67. The number of nitrogens with one attached hydrogen (secondary N) is 1. The van der Waals surface area contributed by atoms with E-state index in [4.69, 9.17) is 5.11 Å². The number of para-hydroxylation sites is 1. The Morgan fingerprint density at radius 3 is 2.54 bits per heavy atom. The van der Waals surface area contributed by atoms with Crippen LogP contribution in [0.3, 0.4) is 0 Å². The molecule has 2 aromatic carbocycles. The van der Waals surface area contributed by atoms with Gasteiger partial charge < -0.3 is 15.2 Å². The van der Waals surface area contributed by atoms with Gasteiger partial charge in [-0.3, -0.25) is 9.59 Å². The van der Waals surface area contributed by atoms with Crippen molar-refractivity contribution in [3.8, 4) is 5.75 Å². The number of rotatable bonds is 6. The zero-order valence-corrected chi connectivity index (χ0v) is 14.3. The van der Waals surface area contributed by atoms with Gasteiger partial charge in [-0.25, -0.2) is 4.39 Å². The van der Waals surface area contributed by atoms with Crippen LogP contribution in [0.5, 0.6) is 5.75 Å². The summed E-state index contributed by atoms with van der Waals surface area (Å²) in [6.45, 7) is 0. The molecule has 0 spiro atoms. The zero-order chi connectivity index (χ0) is 20.5. The normalized spacial score (nSPS) is 18.4. The van der Waals surface area contributed by atoms with Crippen LogP contribution in [0.4, 0.5) is 23.2 Å². The summed E-state index contributed by atoms with van der Waals surface area (Å²) in [4.78, 5) is 23.0. The molecule has 1 aliphatic carbocycles. The summed E-state index contributed by atoms with van der Waals surface area (Å²) < 4.78 is 55.5. The van der Waals surface area contributed by atoms with E-state index in [9.17, 15) is 27.2 Å². The molecule has 0 radical (unpaired) electrons. The van der Waals surface area contributed by atoms with E-state index in [1.807, 2.05) is 0 Å². The number of carboxylic acids is 1. The fourth-order valence-electron chi connectivity index (χ4n) is 3.00. The van der Waals surface area contributed by atoms with Crippen LogP contribution in [0.2, 0.25) is 0 Å². The van der Waals surface area contributed by atoms with Gasteiger partial charge in [-0.1, -0.05) is 24.3 Å². The molecule has 2 N–H and O–H groups in total. The lowest BCUT2D eigenvalue weighted by Crippen LogP contribution is -2.18. The molecule has 2 atom stereocenters. The molecule has 0 saturated heterocycles. The first-order valence-electron chi connectivity index (χ1n) is 8.30. The van der Waals surface area contributed by atoms with Crippen LogP contribution in [0.25, 0.3) is 0 Å². The van der Waals surface area contributed by atoms with Gasteiger partial charge in [-0.05, 0) is 41.7 Å². The minimum absolute atomic E-state index is 0.0203. The third-order valence-electron chi connectivity index (χ3n) is 4.33. The topological polar surface area (TPSA) is 75.6 Å². The molecule has 5 nitrogen and oxygen atoms in total. The van der Waals surface area contributed by atoms with E-state index in [0.29, 0.717) is 6.42 Å². The third kappa shape index (κ3) is 4.79. The van der Waals surface area contributed by atoms with Gasteiger partial charge in [0.1, 0.15) is 11.6 Å². The molecular weight excluding hydrogens is 382 g/mol. The van der Waals surface area contributed by atoms with Gasteiger partial charge in [0.25, 0.3) is 0 Å². The number of benzene rings is 2. The predicted octanol–water partition coefficient (Wildman–Crippen LogP) is 4.09. The largest absolute Gasteiger partial charge is 0.573 e. The highest BCUT2D eigenvalue weighted by atomic mass is 19.4. The lowest BCUT2D eigenvalue weighted by Gasteiger charge is -2.13. The molecular formula is C19H15F4NO4. The molecule has 0 aromatic heterocycles. The molecule has 148 valence electrons. The summed E-state index contributed by atoms with van der Waals surface area (Å²) in [5.41, 5.74) is 0.401. The number of hydrogen-bond acceptors (Lipinski definition) is 3. The Kier molecular flexibility index (Phi) is 5.26. The SMILES string of the molecule is O=C(O)Cc1ccc(NC(=O)C2CC2c2ccccc2OC(F)(F)F)cc1F. The highest BCUT2D eigenvalue weighted by Gasteiger charge is 2.46. The molecule has 1 aliphatic rings. The van der Waals surface area contributed by atoms with Crippen LogP contribution in [-0.2, 0) is 16.0 Å². The number of ether oxygens (including phenoxy) is 1. The summed E-state index contributed by atoms with van der Waals surface area (Å²) in [5, 5.41) is 11.2. The second-order valence-corrected chi connectivity index (χ2v) is 6.40. The van der Waals surface area contributed by atoms with Gasteiger partial charge in [0, 0.05) is 11.6 Å². The van der Waals surface area contributed by atoms with Gasteiger partial charge in [0.15, 0.2) is 0 Å². The lowest BCUT2D eigenvalue weighted by molar-refractivity contribution is -0.274. The average molecular weight is 397 g/mol. The maximum atomic E-state index is 13.9. The Morgan fingerprint density at radius 2 is 1.89 bits per heavy atom. The summed E-state index contributed by atoms with van der Waals surface area (Å²) >= 11 is 0. The summed E-state index contributed by atoms with van der Waals surface area (Å²) in [6, 6.07) is 9.26. The second-order valence-electron chi connectivity index (χ2n) is 6.40. The summed E-state index contributed by atoms with van der Waals surface area (Å²) in [7, 11) is 0. The Morgan fingerprint density at radius 1 is 1.18 bits per heavy atom. The van der Waals surface area contributed by atoms with E-state index >= 15 is 0 Å². The van der Waals surface area contributed by atoms with Crippen molar-refractivity contribution in [2.75, 3.05) is 5.32 Å². The molecule has 9 heteroatoms. The minimum Gasteiger partial charge on any atom is -0.481 e. The standard InChI is InChI=1S/C19H15F4NO4/c20-15-8-11(6-5-10(15)7-17(25)26)24-18(27)14-9-13(14)12-3-1-2-4-16(12)28-19(21,22)23/h1-6,8,13-14H,7,9H2,(H,24,27)(H,25,26). The first-order valence-corrected chi connectivity index (χ1v) is 8.30. The number of anilines is 1. The molecule has 1 saturated carbocycles. The number of carbonyl (C=O) groups is 2. The molecule has 0 aliphatic heterocycles. The Labute approximate surface area is 156 Å². The number of alkyl halides is 3. The lowest BCUT2D eigenvalue weighted by atomic mass is 10.1. The van der Waals surface area contributed by atoms with E-state index in [1.165, 1.54) is 30.3 Å². The van der Waals surface area contributed by atoms with Crippen LogP contribution in [0.15, 0.2) is 42.5 Å². The maximum Gasteiger partial charge on any atom is 0.573 e. The number of amides is 1. The number of carbonyl (C=O) groups excluding carboxylic acids is 1. The molecule has 1 fully saturated rings. The number of hydrogen-bond donors (Lipinski definition) is 2. The Bertz CT molecular complexity index is 913. The van der Waals surface area contributed by atoms with Gasteiger partial charge in [-0.15, -0.1) is 13.2 Å². The molecule has 2 unspecified atom stereocenters. The van der Waals surface area contributed by atoms with Gasteiger partial charge >= 0.3 is 12.3 Å². The van der Waals surface area contributed by atoms with Crippen molar-refractivity contribution < 1.29 is 37.0 Å². The highest BCUT2D eigenvalue weighted by molar-refractivity contribution is 5.95. The van der Waals surface area contributed by atoms with E-state index in [2.05, 4.69) is 10.1 Å². The number of halogens is 4. The third-order valence-corrected chi connectivity index (χ3v) is 4.33. The first-order chi connectivity index (χ1) is 13.1. The average Bonchev–Trinajstić information content (AvgIpc) is 3.37. The quantitative estimate of drug-likeness (QED) is 0.720. The van der Waals surface area contributed by atoms with Crippen molar-refractivity contribution in [3.63, 3.8) is 0 Å². The number of aliphatic carboxylic acids is 1. The van der Waals surface area contributed by atoms with E-state index < -0.39 is 42.3 Å². The molecule has 2 aromatic rings. The second kappa shape index (κ2) is 7.49. The molecule has 0 bridgehead atoms. The first kappa shape index (κ1) is 19.7. The van der Waals surface area contributed by atoms with Crippen molar-refractivity contribution in [1.82, 2.24) is 0 Å². The van der Waals surface area contributed by atoms with Crippen LogP contribution < -0.4 is 10.1 Å². The summed E-state index contributed by atoms with van der Waals surface area (Å²) in [5.74, 6) is -3.77. The van der Waals surface area contributed by atoms with E-state index in [1.54, 1.807) is 6.07 Å². The van der Waals surface area contributed by atoms with Crippen LogP contribution >= 0.6 is 0 Å². The fourth-order valence-corrected chi connectivity index (χ4v) is 3.00. The summed E-state index contributed by atoms with van der Waals surface area (Å²) in [6.07, 6.45) is -4.98. The molecule has 0 heterocycles. The van der Waals surface area contributed by atoms with Crippen molar-refractivity contribution in [1.29, 1.82) is 0 Å². The van der Waals surface area contributed by atoms with E-state index in [-0.39, 0.29) is 22.6 Å². The van der Waals surface area contributed by atoms with Gasteiger partial charge in [0.05, 0.1) is 6.42 Å². The monoisotopic (exact) mass is 397 g/mol. The van der Waals surface area contributed by atoms with Crippen LogP contribution in [0, 0.1) is 11.7 Å². The van der Waals surface area contributed by atoms with Crippen molar-refractivity contribution in [2.45, 2.75) is 25.1 Å². The van der Waals surface area contributed by atoms with Crippen molar-refractivity contribution in [3.05, 3.63) is 59.4 Å². The van der Waals surface area contributed by atoms with Crippen LogP contribution in [0.1, 0.15) is 23.5 Å². The van der Waals surface area contributed by atoms with Crippen LogP contribution in [-0.4, -0.2) is 23.3 Å². The smallest absolute Gasteiger partial charge is 0.481 e. The number of carboxylic acid groups (broad SMARTS) is 1. The molecule has 3 rings (SSSR count).